The molecular weight excluding hydrogens is 502 g/mol. The summed E-state index contributed by atoms with van der Waals surface area (Å²) in [5, 5.41) is 13.4. The number of rotatable bonds is 12. The highest BCUT2D eigenvalue weighted by Crippen LogP contribution is 2.34. The molecule has 2 aromatic rings. The molecule has 2 aromatic carbocycles. The largest absolute Gasteiger partial charge is 0.507 e. The lowest BCUT2D eigenvalue weighted by Gasteiger charge is -2.22. The molecule has 0 aliphatic heterocycles. The van der Waals surface area contributed by atoms with Crippen LogP contribution < -0.4 is 10.0 Å². The van der Waals surface area contributed by atoms with E-state index in [-0.39, 0.29) is 39.3 Å². The fourth-order valence-corrected chi connectivity index (χ4v) is 5.84. The molecule has 2 amide bonds. The maximum absolute atomic E-state index is 13.9. The predicted octanol–water partition coefficient (Wildman–Crippen LogP) is 5.76. The smallest absolute Gasteiger partial charge is 0.262 e. The Morgan fingerprint density at radius 3 is 2.11 bits per heavy atom. The van der Waals surface area contributed by atoms with Gasteiger partial charge in [0.05, 0.1) is 16.8 Å². The SMILES string of the molecule is CCCCNC(=O)c1cc(C(C)C)cc(C(C)C)c1S(=O)(=O)Nc1cc(C)c(O)c(C(=O)N(CC)CC)c1. The molecule has 0 aromatic heterocycles. The summed E-state index contributed by atoms with van der Waals surface area (Å²) in [6, 6.07) is 6.33. The zero-order chi connectivity index (χ0) is 28.8. The van der Waals surface area contributed by atoms with E-state index in [2.05, 4.69) is 10.0 Å². The number of anilines is 1. The molecule has 0 unspecified atom stereocenters. The van der Waals surface area contributed by atoms with E-state index in [1.54, 1.807) is 17.9 Å². The number of unbranched alkanes of at least 4 members (excludes halogenated alkanes) is 1. The summed E-state index contributed by atoms with van der Waals surface area (Å²) < 4.78 is 30.5. The Morgan fingerprint density at radius 1 is 0.947 bits per heavy atom. The number of amides is 2. The summed E-state index contributed by atoms with van der Waals surface area (Å²) in [5.74, 6) is -1.11. The lowest BCUT2D eigenvalue weighted by atomic mass is 9.92. The average Bonchev–Trinajstić information content (AvgIpc) is 2.85. The van der Waals surface area contributed by atoms with E-state index >= 15 is 0 Å². The van der Waals surface area contributed by atoms with Gasteiger partial charge in [-0.3, -0.25) is 14.3 Å². The summed E-state index contributed by atoms with van der Waals surface area (Å²) in [6.07, 6.45) is 1.67. The first kappa shape index (κ1) is 31.1. The molecule has 3 N–H and O–H groups in total. The van der Waals surface area contributed by atoms with E-state index in [0.29, 0.717) is 30.8 Å². The summed E-state index contributed by atoms with van der Waals surface area (Å²) in [6.45, 7) is 16.4. The number of benzene rings is 2. The number of hydrogen-bond acceptors (Lipinski definition) is 5. The molecule has 0 radical (unpaired) electrons. The molecular formula is C29H43N3O5S. The molecule has 0 fully saturated rings. The van der Waals surface area contributed by atoms with Gasteiger partial charge in [-0.05, 0) is 73.9 Å². The Morgan fingerprint density at radius 2 is 1.58 bits per heavy atom. The number of sulfonamides is 1. The average molecular weight is 546 g/mol. The fraction of sp³-hybridized carbons (Fsp3) is 0.517. The van der Waals surface area contributed by atoms with Crippen LogP contribution in [0.4, 0.5) is 5.69 Å². The van der Waals surface area contributed by atoms with E-state index in [1.165, 1.54) is 12.1 Å². The third-order valence-electron chi connectivity index (χ3n) is 6.59. The van der Waals surface area contributed by atoms with Crippen molar-refractivity contribution in [3.63, 3.8) is 0 Å². The van der Waals surface area contributed by atoms with Crippen molar-refractivity contribution in [3.05, 3.63) is 52.1 Å². The molecule has 0 saturated carbocycles. The molecule has 9 heteroatoms. The molecule has 0 aliphatic carbocycles. The minimum atomic E-state index is -4.26. The Bertz CT molecular complexity index is 1270. The van der Waals surface area contributed by atoms with Crippen molar-refractivity contribution in [2.24, 2.45) is 0 Å². The second-order valence-corrected chi connectivity index (χ2v) is 11.8. The van der Waals surface area contributed by atoms with Gasteiger partial charge < -0.3 is 15.3 Å². The molecule has 0 spiro atoms. The standard InChI is InChI=1S/C29H43N3O5S/c1-9-12-13-30-28(34)25-16-21(18(4)5)15-23(19(6)7)27(25)38(36,37)31-22-14-20(8)26(33)24(17-22)29(35)32(10-2)11-3/h14-19,31,33H,9-13H2,1-8H3,(H,30,34). The molecule has 38 heavy (non-hydrogen) atoms. The quantitative estimate of drug-likeness (QED) is 0.232. The number of carbonyl (C=O) groups is 2. The van der Waals surface area contributed by atoms with Crippen LogP contribution in [0.15, 0.2) is 29.2 Å². The van der Waals surface area contributed by atoms with Crippen molar-refractivity contribution in [2.75, 3.05) is 24.4 Å². The maximum atomic E-state index is 13.9. The van der Waals surface area contributed by atoms with E-state index in [0.717, 1.165) is 18.4 Å². The number of phenols is 1. The van der Waals surface area contributed by atoms with E-state index in [9.17, 15) is 23.1 Å². The van der Waals surface area contributed by atoms with E-state index in [4.69, 9.17) is 0 Å². The van der Waals surface area contributed by atoms with Crippen LogP contribution in [0.1, 0.15) is 111 Å². The Balaban J connectivity index is 2.70. The van der Waals surface area contributed by atoms with Crippen molar-refractivity contribution in [2.45, 2.75) is 85.0 Å². The fourth-order valence-electron chi connectivity index (χ4n) is 4.27. The molecule has 0 saturated heterocycles. The number of hydrogen-bond donors (Lipinski definition) is 3. The van der Waals surface area contributed by atoms with Crippen molar-refractivity contribution >= 4 is 27.5 Å². The van der Waals surface area contributed by atoms with Crippen molar-refractivity contribution in [3.8, 4) is 5.75 Å². The van der Waals surface area contributed by atoms with Crippen LogP contribution in [-0.4, -0.2) is 49.9 Å². The molecule has 2 rings (SSSR count). The van der Waals surface area contributed by atoms with Gasteiger partial charge in [-0.25, -0.2) is 8.42 Å². The van der Waals surface area contributed by atoms with Gasteiger partial charge in [0, 0.05) is 19.6 Å². The van der Waals surface area contributed by atoms with Crippen LogP contribution in [0, 0.1) is 6.92 Å². The van der Waals surface area contributed by atoms with Gasteiger partial charge in [0.1, 0.15) is 10.6 Å². The Kier molecular flexibility index (Phi) is 10.8. The van der Waals surface area contributed by atoms with Crippen molar-refractivity contribution in [1.29, 1.82) is 0 Å². The van der Waals surface area contributed by atoms with E-state index in [1.807, 2.05) is 54.5 Å². The summed E-state index contributed by atoms with van der Waals surface area (Å²) in [5.41, 5.74) is 2.02. The summed E-state index contributed by atoms with van der Waals surface area (Å²) in [4.78, 5) is 27.8. The second kappa shape index (κ2) is 13.1. The zero-order valence-corrected chi connectivity index (χ0v) is 24.8. The highest BCUT2D eigenvalue weighted by atomic mass is 32.2. The second-order valence-electron chi connectivity index (χ2n) is 10.2. The first-order valence-electron chi connectivity index (χ1n) is 13.4. The van der Waals surface area contributed by atoms with Crippen LogP contribution in [0.25, 0.3) is 0 Å². The molecule has 0 aliphatic rings. The maximum Gasteiger partial charge on any atom is 0.262 e. The third kappa shape index (κ3) is 7.07. The van der Waals surface area contributed by atoms with Crippen molar-refractivity contribution in [1.82, 2.24) is 10.2 Å². The molecule has 8 nitrogen and oxygen atoms in total. The van der Waals surface area contributed by atoms with Gasteiger partial charge in [0.15, 0.2) is 0 Å². The number of aryl methyl sites for hydroxylation is 1. The molecule has 210 valence electrons. The van der Waals surface area contributed by atoms with Crippen molar-refractivity contribution < 1.29 is 23.1 Å². The summed E-state index contributed by atoms with van der Waals surface area (Å²) in [7, 11) is -4.26. The van der Waals surface area contributed by atoms with Gasteiger partial charge in [0.2, 0.25) is 0 Å². The minimum absolute atomic E-state index is 0.0168. The monoisotopic (exact) mass is 545 g/mol. The van der Waals surface area contributed by atoms with Gasteiger partial charge >= 0.3 is 0 Å². The topological polar surface area (TPSA) is 116 Å². The molecule has 0 bridgehead atoms. The summed E-state index contributed by atoms with van der Waals surface area (Å²) >= 11 is 0. The van der Waals surface area contributed by atoms with Crippen LogP contribution in [0.3, 0.4) is 0 Å². The molecule has 0 atom stereocenters. The third-order valence-corrected chi connectivity index (χ3v) is 8.09. The Hall–Kier alpha value is -3.07. The highest BCUT2D eigenvalue weighted by Gasteiger charge is 2.30. The van der Waals surface area contributed by atoms with Crippen LogP contribution in [-0.2, 0) is 10.0 Å². The number of aromatic hydroxyl groups is 1. The lowest BCUT2D eigenvalue weighted by Crippen LogP contribution is -2.31. The first-order valence-corrected chi connectivity index (χ1v) is 14.9. The predicted molar refractivity (Wildman–Crippen MR) is 153 cm³/mol. The molecule has 0 heterocycles. The number of nitrogens with one attached hydrogen (secondary N) is 2. The Labute approximate surface area is 227 Å². The number of nitrogens with zero attached hydrogens (tertiary/aromatic N) is 1. The number of phenolic OH excluding ortho intramolecular Hbond substituents is 1. The van der Waals surface area contributed by atoms with Gasteiger partial charge in [-0.15, -0.1) is 0 Å². The zero-order valence-electron chi connectivity index (χ0n) is 23.9. The lowest BCUT2D eigenvalue weighted by molar-refractivity contribution is 0.0769. The van der Waals surface area contributed by atoms with Crippen LogP contribution >= 0.6 is 0 Å². The van der Waals surface area contributed by atoms with Gasteiger partial charge in [0.25, 0.3) is 21.8 Å². The van der Waals surface area contributed by atoms with Gasteiger partial charge in [-0.2, -0.15) is 0 Å². The minimum Gasteiger partial charge on any atom is -0.507 e. The van der Waals surface area contributed by atoms with Gasteiger partial charge in [-0.1, -0.05) is 47.1 Å². The van der Waals surface area contributed by atoms with E-state index < -0.39 is 21.8 Å². The highest BCUT2D eigenvalue weighted by molar-refractivity contribution is 7.92. The first-order chi connectivity index (χ1) is 17.8. The normalized spacial score (nSPS) is 11.6. The van der Waals surface area contributed by atoms with Crippen LogP contribution in [0.5, 0.6) is 5.75 Å². The number of carbonyl (C=O) groups excluding carboxylic acids is 2. The van der Waals surface area contributed by atoms with Crippen LogP contribution in [0.2, 0.25) is 0 Å².